The van der Waals surface area contributed by atoms with Crippen LogP contribution in [-0.2, 0) is 20.8 Å². The van der Waals surface area contributed by atoms with E-state index >= 15 is 0 Å². The third kappa shape index (κ3) is 6.40. The lowest BCUT2D eigenvalue weighted by Crippen LogP contribution is -3.12. The maximum Gasteiger partial charge on any atom is 0.338 e. The second-order valence-electron chi connectivity index (χ2n) is 7.84. The average molecular weight is 412 g/mol. The van der Waals surface area contributed by atoms with E-state index in [2.05, 4.69) is 5.32 Å². The Labute approximate surface area is 178 Å². The van der Waals surface area contributed by atoms with Gasteiger partial charge in [-0.15, -0.1) is 0 Å². The zero-order valence-corrected chi connectivity index (χ0v) is 17.7. The third-order valence-electron chi connectivity index (χ3n) is 5.45. The number of nitrogens with one attached hydrogen (secondary N) is 2. The Balaban J connectivity index is 1.45. The molecule has 2 aromatic carbocycles. The van der Waals surface area contributed by atoms with Crippen molar-refractivity contribution in [3.8, 4) is 0 Å². The van der Waals surface area contributed by atoms with Crippen LogP contribution < -0.4 is 10.2 Å². The van der Waals surface area contributed by atoms with Crippen LogP contribution in [0.2, 0.25) is 0 Å². The first kappa shape index (κ1) is 22.0. The van der Waals surface area contributed by atoms with Crippen LogP contribution in [0.15, 0.2) is 54.6 Å². The number of quaternary nitrogens is 1. The van der Waals surface area contributed by atoms with Gasteiger partial charge >= 0.3 is 5.97 Å². The molecular formula is C24H31N2O4+. The Morgan fingerprint density at radius 3 is 2.37 bits per heavy atom. The largest absolute Gasteiger partial charge is 0.449 e. The van der Waals surface area contributed by atoms with Gasteiger partial charge in [0.2, 0.25) is 0 Å². The summed E-state index contributed by atoms with van der Waals surface area (Å²) in [4.78, 5) is 26.2. The summed E-state index contributed by atoms with van der Waals surface area (Å²) in [6.45, 7) is 8.63. The molecule has 2 N–H and O–H groups in total. The smallest absolute Gasteiger partial charge is 0.338 e. The van der Waals surface area contributed by atoms with Gasteiger partial charge in [-0.05, 0) is 30.5 Å². The van der Waals surface area contributed by atoms with Gasteiger partial charge in [0.15, 0.2) is 6.10 Å². The van der Waals surface area contributed by atoms with Crippen molar-refractivity contribution in [1.82, 2.24) is 5.32 Å². The SMILES string of the molecule is C[C@H](CNC(=O)[C@@H](C)OC(=O)c1ccc(C[NH+]2CCOCC2)cc1)c1ccccc1. The summed E-state index contributed by atoms with van der Waals surface area (Å²) in [7, 11) is 0. The summed E-state index contributed by atoms with van der Waals surface area (Å²) in [5, 5.41) is 2.86. The lowest BCUT2D eigenvalue weighted by atomic mass is 10.0. The summed E-state index contributed by atoms with van der Waals surface area (Å²) in [5.74, 6) is -0.600. The topological polar surface area (TPSA) is 69.1 Å². The molecule has 6 heteroatoms. The van der Waals surface area contributed by atoms with Crippen molar-refractivity contribution >= 4 is 11.9 Å². The molecule has 1 heterocycles. The number of carbonyl (C=O) groups excluding carboxylic acids is 2. The number of benzene rings is 2. The first-order valence-electron chi connectivity index (χ1n) is 10.6. The first-order valence-corrected chi connectivity index (χ1v) is 10.6. The number of morpholine rings is 1. The number of rotatable bonds is 8. The molecule has 3 rings (SSSR count). The number of hydrogen-bond acceptors (Lipinski definition) is 4. The highest BCUT2D eigenvalue weighted by atomic mass is 16.5. The minimum absolute atomic E-state index is 0.180. The number of hydrogen-bond donors (Lipinski definition) is 2. The summed E-state index contributed by atoms with van der Waals surface area (Å²) in [6.07, 6.45) is -0.849. The van der Waals surface area contributed by atoms with Gasteiger partial charge in [-0.3, -0.25) is 4.79 Å². The van der Waals surface area contributed by atoms with Gasteiger partial charge in [-0.1, -0.05) is 49.4 Å². The predicted octanol–water partition coefficient (Wildman–Crippen LogP) is 1.57. The minimum atomic E-state index is -0.849. The van der Waals surface area contributed by atoms with Crippen LogP contribution >= 0.6 is 0 Å². The molecule has 0 radical (unpaired) electrons. The van der Waals surface area contributed by atoms with Crippen LogP contribution in [-0.4, -0.2) is 50.8 Å². The summed E-state index contributed by atoms with van der Waals surface area (Å²) in [5.41, 5.74) is 2.78. The van der Waals surface area contributed by atoms with Crippen LogP contribution in [0, 0.1) is 0 Å². The van der Waals surface area contributed by atoms with Crippen LogP contribution in [0.1, 0.15) is 41.3 Å². The Kier molecular flexibility index (Phi) is 7.99. The third-order valence-corrected chi connectivity index (χ3v) is 5.45. The van der Waals surface area contributed by atoms with Crippen LogP contribution in [0.4, 0.5) is 0 Å². The molecule has 0 spiro atoms. The Morgan fingerprint density at radius 2 is 1.70 bits per heavy atom. The molecule has 0 saturated carbocycles. The summed E-state index contributed by atoms with van der Waals surface area (Å²) >= 11 is 0. The minimum Gasteiger partial charge on any atom is -0.449 e. The summed E-state index contributed by atoms with van der Waals surface area (Å²) in [6, 6.07) is 17.4. The van der Waals surface area contributed by atoms with Gasteiger partial charge in [-0.25, -0.2) is 4.79 Å². The van der Waals surface area contributed by atoms with E-state index in [9.17, 15) is 9.59 Å². The zero-order chi connectivity index (χ0) is 21.3. The molecule has 2 atom stereocenters. The van der Waals surface area contributed by atoms with E-state index in [0.29, 0.717) is 12.1 Å². The molecular weight excluding hydrogens is 380 g/mol. The van der Waals surface area contributed by atoms with Crippen molar-refractivity contribution in [2.24, 2.45) is 0 Å². The molecule has 2 aromatic rings. The fourth-order valence-electron chi connectivity index (χ4n) is 3.46. The van der Waals surface area contributed by atoms with Crippen LogP contribution in [0.5, 0.6) is 0 Å². The van der Waals surface area contributed by atoms with E-state index in [4.69, 9.17) is 9.47 Å². The number of ether oxygens (including phenoxy) is 2. The molecule has 6 nitrogen and oxygen atoms in total. The fraction of sp³-hybridized carbons (Fsp3) is 0.417. The quantitative estimate of drug-likeness (QED) is 0.647. The average Bonchev–Trinajstić information content (AvgIpc) is 2.79. The maximum absolute atomic E-state index is 12.4. The van der Waals surface area contributed by atoms with E-state index in [0.717, 1.165) is 38.4 Å². The Morgan fingerprint density at radius 1 is 1.03 bits per heavy atom. The van der Waals surface area contributed by atoms with Crippen molar-refractivity contribution in [2.75, 3.05) is 32.8 Å². The van der Waals surface area contributed by atoms with E-state index < -0.39 is 12.1 Å². The first-order chi connectivity index (χ1) is 14.5. The van der Waals surface area contributed by atoms with Crippen molar-refractivity contribution in [2.45, 2.75) is 32.4 Å². The molecule has 0 unspecified atom stereocenters. The van der Waals surface area contributed by atoms with Gasteiger partial charge in [-0.2, -0.15) is 0 Å². The van der Waals surface area contributed by atoms with E-state index in [1.807, 2.05) is 49.4 Å². The molecule has 1 saturated heterocycles. The lowest BCUT2D eigenvalue weighted by Gasteiger charge is -2.23. The van der Waals surface area contributed by atoms with Crippen molar-refractivity contribution in [3.05, 3.63) is 71.3 Å². The predicted molar refractivity (Wildman–Crippen MR) is 114 cm³/mol. The number of esters is 1. The van der Waals surface area contributed by atoms with Crippen molar-refractivity contribution < 1.29 is 24.0 Å². The van der Waals surface area contributed by atoms with Crippen LogP contribution in [0.25, 0.3) is 0 Å². The molecule has 30 heavy (non-hydrogen) atoms. The Hall–Kier alpha value is -2.70. The van der Waals surface area contributed by atoms with Gasteiger partial charge in [0, 0.05) is 12.1 Å². The van der Waals surface area contributed by atoms with Gasteiger partial charge in [0.05, 0.1) is 18.8 Å². The normalized spacial score (nSPS) is 16.5. The van der Waals surface area contributed by atoms with E-state index in [-0.39, 0.29) is 11.8 Å². The lowest BCUT2D eigenvalue weighted by molar-refractivity contribution is -0.921. The molecule has 1 aliphatic heterocycles. The van der Waals surface area contributed by atoms with Crippen molar-refractivity contribution in [3.63, 3.8) is 0 Å². The highest BCUT2D eigenvalue weighted by molar-refractivity contribution is 5.92. The van der Waals surface area contributed by atoms with Gasteiger partial charge < -0.3 is 19.7 Å². The van der Waals surface area contributed by atoms with E-state index in [1.54, 1.807) is 19.1 Å². The summed E-state index contributed by atoms with van der Waals surface area (Å²) < 4.78 is 10.7. The van der Waals surface area contributed by atoms with Gasteiger partial charge in [0.1, 0.15) is 19.6 Å². The Bertz CT molecular complexity index is 817. The molecule has 0 aromatic heterocycles. The molecule has 0 aliphatic carbocycles. The zero-order valence-electron chi connectivity index (χ0n) is 17.7. The number of carbonyl (C=O) groups is 2. The highest BCUT2D eigenvalue weighted by Gasteiger charge is 2.20. The molecule has 0 bridgehead atoms. The van der Waals surface area contributed by atoms with Crippen LogP contribution in [0.3, 0.4) is 0 Å². The standard InChI is InChI=1S/C24H30N2O4/c1-18(21-6-4-3-5-7-21)16-25-23(27)19(2)30-24(28)22-10-8-20(9-11-22)17-26-12-14-29-15-13-26/h3-11,18-19H,12-17H2,1-2H3,(H,25,27)/p+1/t18-,19-/m1/s1. The second-order valence-corrected chi connectivity index (χ2v) is 7.84. The fourth-order valence-corrected chi connectivity index (χ4v) is 3.46. The van der Waals surface area contributed by atoms with Crippen molar-refractivity contribution in [1.29, 1.82) is 0 Å². The molecule has 160 valence electrons. The van der Waals surface area contributed by atoms with E-state index in [1.165, 1.54) is 10.5 Å². The molecule has 1 amide bonds. The molecule has 1 aliphatic rings. The second kappa shape index (κ2) is 10.9. The highest BCUT2D eigenvalue weighted by Crippen LogP contribution is 2.13. The van der Waals surface area contributed by atoms with Gasteiger partial charge in [0.25, 0.3) is 5.91 Å². The maximum atomic E-state index is 12.4. The number of amides is 1. The monoisotopic (exact) mass is 411 g/mol. The molecule has 1 fully saturated rings.